The van der Waals surface area contributed by atoms with E-state index >= 15 is 0 Å². The van der Waals surface area contributed by atoms with Crippen LogP contribution in [0.2, 0.25) is 0 Å². The average molecular weight is 310 g/mol. The average Bonchev–Trinajstić information content (AvgIpc) is 2.47. The number of hydrogen-bond donors (Lipinski definition) is 0. The Bertz CT molecular complexity index is 616. The molecule has 6 heteroatoms. The molecular weight excluding hydrogens is 292 g/mol. The lowest BCUT2D eigenvalue weighted by atomic mass is 10.2. The maximum absolute atomic E-state index is 12.0. The van der Waals surface area contributed by atoms with E-state index in [0.717, 1.165) is 5.56 Å². The molecular formula is C15H18O5S. The second kappa shape index (κ2) is 6.89. The van der Waals surface area contributed by atoms with E-state index in [-0.39, 0.29) is 11.5 Å². The van der Waals surface area contributed by atoms with E-state index < -0.39 is 22.5 Å². The summed E-state index contributed by atoms with van der Waals surface area (Å²) in [6, 6.07) is 6.49. The molecule has 0 spiro atoms. The first kappa shape index (κ1) is 15.8. The van der Waals surface area contributed by atoms with E-state index in [1.807, 2.05) is 6.92 Å². The van der Waals surface area contributed by atoms with E-state index in [1.54, 1.807) is 37.3 Å². The van der Waals surface area contributed by atoms with Gasteiger partial charge in [0.25, 0.3) is 10.1 Å². The molecule has 0 N–H and O–H groups in total. The first-order chi connectivity index (χ1) is 9.97. The zero-order valence-electron chi connectivity index (χ0n) is 11.9. The second-order valence-electron chi connectivity index (χ2n) is 4.72. The Labute approximate surface area is 125 Å². The highest BCUT2D eigenvalue weighted by Gasteiger charge is 2.18. The lowest BCUT2D eigenvalue weighted by molar-refractivity contribution is -0.115. The van der Waals surface area contributed by atoms with Crippen LogP contribution in [0.5, 0.6) is 0 Å². The van der Waals surface area contributed by atoms with Crippen molar-refractivity contribution in [1.29, 1.82) is 0 Å². The molecule has 2 atom stereocenters. The lowest BCUT2D eigenvalue weighted by Gasteiger charge is -2.20. The van der Waals surface area contributed by atoms with E-state index in [0.29, 0.717) is 0 Å². The Morgan fingerprint density at radius 3 is 2.57 bits per heavy atom. The highest BCUT2D eigenvalue weighted by Crippen LogP contribution is 2.14. The third-order valence-electron chi connectivity index (χ3n) is 2.80. The molecule has 1 heterocycles. The molecule has 0 radical (unpaired) electrons. The number of rotatable bonds is 6. The fourth-order valence-electron chi connectivity index (χ4n) is 1.67. The van der Waals surface area contributed by atoms with Gasteiger partial charge in [-0.2, -0.15) is 8.42 Å². The van der Waals surface area contributed by atoms with Gasteiger partial charge in [-0.05, 0) is 38.1 Å². The predicted molar refractivity (Wildman–Crippen MR) is 78.0 cm³/mol. The Kier molecular flexibility index (Phi) is 5.17. The maximum atomic E-state index is 12.0. The fourth-order valence-corrected chi connectivity index (χ4v) is 2.65. The molecule has 0 saturated carbocycles. The lowest BCUT2D eigenvalue weighted by Crippen LogP contribution is -2.25. The highest BCUT2D eigenvalue weighted by atomic mass is 32.2. The third-order valence-corrected chi connectivity index (χ3v) is 4.10. The molecule has 21 heavy (non-hydrogen) atoms. The Balaban J connectivity index is 1.87. The summed E-state index contributed by atoms with van der Waals surface area (Å²) in [5, 5.41) is 0. The van der Waals surface area contributed by atoms with Crippen molar-refractivity contribution < 1.29 is 22.1 Å². The molecule has 2 rings (SSSR count). The molecule has 1 unspecified atom stereocenters. The molecule has 1 aliphatic rings. The summed E-state index contributed by atoms with van der Waals surface area (Å²) in [5.41, 5.74) is 0.986. The van der Waals surface area contributed by atoms with Gasteiger partial charge in [-0.25, -0.2) is 0 Å². The van der Waals surface area contributed by atoms with Crippen LogP contribution >= 0.6 is 0 Å². The van der Waals surface area contributed by atoms with Crippen LogP contribution < -0.4 is 0 Å². The van der Waals surface area contributed by atoms with Crippen molar-refractivity contribution in [3.63, 3.8) is 0 Å². The van der Waals surface area contributed by atoms with Crippen molar-refractivity contribution in [3.8, 4) is 0 Å². The number of benzene rings is 1. The zero-order valence-corrected chi connectivity index (χ0v) is 12.7. The topological polar surface area (TPSA) is 61.8 Å². The minimum Gasteiger partial charge on any atom is -0.469 e. The van der Waals surface area contributed by atoms with Gasteiger partial charge in [-0.1, -0.05) is 23.8 Å². The van der Waals surface area contributed by atoms with Gasteiger partial charge in [0.2, 0.25) is 6.29 Å². The first-order valence-electron chi connectivity index (χ1n) is 6.58. The number of hydrogen-bond acceptors (Lipinski definition) is 5. The van der Waals surface area contributed by atoms with Crippen molar-refractivity contribution in [2.75, 3.05) is 6.61 Å². The van der Waals surface area contributed by atoms with E-state index in [4.69, 9.17) is 13.7 Å². The minimum absolute atomic E-state index is 0.0758. The Morgan fingerprint density at radius 2 is 1.95 bits per heavy atom. The third kappa shape index (κ3) is 4.70. The quantitative estimate of drug-likeness (QED) is 0.756. The van der Waals surface area contributed by atoms with Gasteiger partial charge in [0.15, 0.2) is 0 Å². The van der Waals surface area contributed by atoms with Crippen molar-refractivity contribution in [2.45, 2.75) is 31.1 Å². The second-order valence-corrected chi connectivity index (χ2v) is 6.33. The predicted octanol–water partition coefficient (Wildman–Crippen LogP) is 2.53. The summed E-state index contributed by atoms with van der Waals surface area (Å²) in [7, 11) is -3.77. The SMILES string of the molecule is Cc1ccc(S(=O)(=O)OCC(C)O[C@H]2C=CC=CO2)cc1. The van der Waals surface area contributed by atoms with Crippen LogP contribution in [-0.4, -0.2) is 27.4 Å². The van der Waals surface area contributed by atoms with Crippen LogP contribution in [0.25, 0.3) is 0 Å². The van der Waals surface area contributed by atoms with Crippen LogP contribution in [0, 0.1) is 6.92 Å². The highest BCUT2D eigenvalue weighted by molar-refractivity contribution is 7.86. The van der Waals surface area contributed by atoms with Gasteiger partial charge in [0.1, 0.15) is 0 Å². The largest absolute Gasteiger partial charge is 0.469 e. The standard InChI is InChI=1S/C15H18O5S/c1-12-6-8-14(9-7-12)21(16,17)19-11-13(2)20-15-5-3-4-10-18-15/h3-10,13,15H,11H2,1-2H3/t13?,15-/m0/s1. The molecule has 0 fully saturated rings. The fraction of sp³-hybridized carbons (Fsp3) is 0.333. The van der Waals surface area contributed by atoms with Crippen molar-refractivity contribution in [1.82, 2.24) is 0 Å². The van der Waals surface area contributed by atoms with Gasteiger partial charge < -0.3 is 9.47 Å². The van der Waals surface area contributed by atoms with Crippen LogP contribution in [-0.2, 0) is 23.8 Å². The summed E-state index contributed by atoms with van der Waals surface area (Å²) in [4.78, 5) is 0.136. The molecule has 0 aromatic heterocycles. The van der Waals surface area contributed by atoms with E-state index in [1.165, 1.54) is 18.4 Å². The Morgan fingerprint density at radius 1 is 1.24 bits per heavy atom. The van der Waals surface area contributed by atoms with E-state index in [9.17, 15) is 8.42 Å². The smallest absolute Gasteiger partial charge is 0.297 e. The minimum atomic E-state index is -3.77. The van der Waals surface area contributed by atoms with Gasteiger partial charge >= 0.3 is 0 Å². The number of ether oxygens (including phenoxy) is 2. The molecule has 1 aromatic rings. The van der Waals surface area contributed by atoms with Crippen molar-refractivity contribution in [2.24, 2.45) is 0 Å². The first-order valence-corrected chi connectivity index (χ1v) is 7.98. The summed E-state index contributed by atoms with van der Waals surface area (Å²) >= 11 is 0. The van der Waals surface area contributed by atoms with Gasteiger partial charge in [-0.15, -0.1) is 0 Å². The van der Waals surface area contributed by atoms with Crippen LogP contribution in [0.15, 0.2) is 53.7 Å². The van der Waals surface area contributed by atoms with Crippen LogP contribution in [0.1, 0.15) is 12.5 Å². The monoisotopic (exact) mass is 310 g/mol. The maximum Gasteiger partial charge on any atom is 0.297 e. The zero-order chi connectivity index (χ0) is 15.3. The normalized spacial score (nSPS) is 19.2. The summed E-state index contributed by atoms with van der Waals surface area (Å²) < 4.78 is 39.7. The van der Waals surface area contributed by atoms with Gasteiger partial charge in [0.05, 0.1) is 23.9 Å². The van der Waals surface area contributed by atoms with Crippen molar-refractivity contribution in [3.05, 3.63) is 54.3 Å². The van der Waals surface area contributed by atoms with Crippen LogP contribution in [0.4, 0.5) is 0 Å². The van der Waals surface area contributed by atoms with Crippen LogP contribution in [0.3, 0.4) is 0 Å². The number of allylic oxidation sites excluding steroid dienone is 2. The Hall–Kier alpha value is -1.63. The molecule has 5 nitrogen and oxygen atoms in total. The number of aryl methyl sites for hydroxylation is 1. The molecule has 0 saturated heterocycles. The van der Waals surface area contributed by atoms with E-state index in [2.05, 4.69) is 0 Å². The van der Waals surface area contributed by atoms with Crippen molar-refractivity contribution >= 4 is 10.1 Å². The molecule has 0 aliphatic carbocycles. The molecule has 0 amide bonds. The summed E-state index contributed by atoms with van der Waals surface area (Å²) in [5.74, 6) is 0. The van der Waals surface area contributed by atoms with Gasteiger partial charge in [-0.3, -0.25) is 4.18 Å². The molecule has 1 aliphatic heterocycles. The summed E-state index contributed by atoms with van der Waals surface area (Å²) in [6.45, 7) is 3.53. The molecule has 114 valence electrons. The molecule has 0 bridgehead atoms. The summed E-state index contributed by atoms with van der Waals surface area (Å²) in [6.07, 6.45) is 5.84. The van der Waals surface area contributed by atoms with Gasteiger partial charge in [0, 0.05) is 0 Å². The molecule has 1 aromatic carbocycles.